The minimum Gasteiger partial charge on any atom is -0.482 e. The lowest BCUT2D eigenvalue weighted by Gasteiger charge is -2.26. The molecule has 1 saturated heterocycles. The number of carbonyl (C=O) groups excluding carboxylic acids is 1. The van der Waals surface area contributed by atoms with Crippen LogP contribution >= 0.6 is 11.6 Å². The third-order valence-electron chi connectivity index (χ3n) is 4.70. The second-order valence-corrected chi connectivity index (χ2v) is 9.17. The monoisotopic (exact) mass is 407 g/mol. The van der Waals surface area contributed by atoms with Gasteiger partial charge in [-0.05, 0) is 36.6 Å². The first kappa shape index (κ1) is 19.7. The van der Waals surface area contributed by atoms with E-state index in [4.69, 9.17) is 16.3 Å². The molecule has 2 aromatic carbocycles. The molecule has 3 rings (SSSR count). The third-order valence-corrected chi connectivity index (χ3v) is 6.75. The average molecular weight is 408 g/mol. The van der Waals surface area contributed by atoms with Gasteiger partial charge in [-0.25, -0.2) is 8.42 Å². The summed E-state index contributed by atoms with van der Waals surface area (Å²) in [6, 6.07) is 15.0. The molecule has 0 spiro atoms. The van der Waals surface area contributed by atoms with Crippen molar-refractivity contribution in [1.82, 2.24) is 4.90 Å². The number of ether oxygens (including phenoxy) is 1. The highest BCUT2D eigenvalue weighted by Gasteiger charge is 2.34. The number of benzene rings is 2. The van der Waals surface area contributed by atoms with Crippen LogP contribution in [0.2, 0.25) is 5.02 Å². The van der Waals surface area contributed by atoms with Crippen molar-refractivity contribution in [3.8, 4) is 16.9 Å². The van der Waals surface area contributed by atoms with Crippen molar-refractivity contribution in [3.63, 3.8) is 0 Å². The first-order valence-electron chi connectivity index (χ1n) is 8.87. The van der Waals surface area contributed by atoms with E-state index in [2.05, 4.69) is 0 Å². The van der Waals surface area contributed by atoms with Gasteiger partial charge in [-0.1, -0.05) is 48.0 Å². The number of rotatable bonds is 6. The second kappa shape index (κ2) is 8.31. The molecule has 0 bridgehead atoms. The van der Waals surface area contributed by atoms with Crippen LogP contribution in [0.15, 0.2) is 48.5 Å². The number of likely N-dealkylation sites (N-methyl/N-ethyl adjacent to an activating group) is 1. The molecule has 0 unspecified atom stereocenters. The Balaban J connectivity index is 1.64. The van der Waals surface area contributed by atoms with Crippen LogP contribution in [0.4, 0.5) is 0 Å². The number of hydrogen-bond acceptors (Lipinski definition) is 4. The normalized spacial score (nSPS) is 18.2. The Morgan fingerprint density at radius 2 is 1.93 bits per heavy atom. The molecule has 1 aliphatic rings. The smallest absolute Gasteiger partial charge is 0.260 e. The molecular weight excluding hydrogens is 386 g/mol. The number of amides is 1. The van der Waals surface area contributed by atoms with Crippen LogP contribution in [-0.2, 0) is 14.6 Å². The molecule has 0 radical (unpaired) electrons. The van der Waals surface area contributed by atoms with Gasteiger partial charge in [-0.15, -0.1) is 0 Å². The summed E-state index contributed by atoms with van der Waals surface area (Å²) in [7, 11) is -3.04. The Labute approximate surface area is 164 Å². The quantitative estimate of drug-likeness (QED) is 0.736. The Morgan fingerprint density at radius 1 is 1.19 bits per heavy atom. The van der Waals surface area contributed by atoms with Crippen LogP contribution in [0, 0.1) is 0 Å². The Kier molecular flexibility index (Phi) is 6.07. The molecule has 1 fully saturated rings. The fraction of sp³-hybridized carbons (Fsp3) is 0.350. The van der Waals surface area contributed by atoms with Crippen molar-refractivity contribution in [2.24, 2.45) is 0 Å². The molecule has 1 aliphatic heterocycles. The average Bonchev–Trinajstić information content (AvgIpc) is 3.01. The number of carbonyl (C=O) groups is 1. The lowest BCUT2D eigenvalue weighted by Crippen LogP contribution is -2.43. The van der Waals surface area contributed by atoms with Crippen LogP contribution < -0.4 is 4.74 Å². The summed E-state index contributed by atoms with van der Waals surface area (Å²) in [6.45, 7) is 2.11. The first-order chi connectivity index (χ1) is 12.9. The van der Waals surface area contributed by atoms with E-state index in [0.29, 0.717) is 23.7 Å². The Bertz CT molecular complexity index is 915. The molecular formula is C20H22ClNO4S. The van der Waals surface area contributed by atoms with Gasteiger partial charge in [0.2, 0.25) is 0 Å². The Hall–Kier alpha value is -2.05. The van der Waals surface area contributed by atoms with Crippen LogP contribution in [0.1, 0.15) is 13.3 Å². The molecule has 7 heteroatoms. The van der Waals surface area contributed by atoms with Crippen molar-refractivity contribution in [2.45, 2.75) is 19.4 Å². The van der Waals surface area contributed by atoms with Crippen molar-refractivity contribution in [3.05, 3.63) is 53.6 Å². The summed E-state index contributed by atoms with van der Waals surface area (Å²) in [5.41, 5.74) is 2.01. The SMILES string of the molecule is CCN(C(=O)COc1ccc(-c2ccccc2)cc1Cl)[C@H]1CCS(=O)(=O)C1. The van der Waals surface area contributed by atoms with E-state index in [1.165, 1.54) is 0 Å². The number of halogens is 1. The lowest BCUT2D eigenvalue weighted by atomic mass is 10.1. The van der Waals surface area contributed by atoms with E-state index in [9.17, 15) is 13.2 Å². The topological polar surface area (TPSA) is 63.7 Å². The maximum atomic E-state index is 12.5. The second-order valence-electron chi connectivity index (χ2n) is 6.54. The summed E-state index contributed by atoms with van der Waals surface area (Å²) >= 11 is 6.31. The van der Waals surface area contributed by atoms with E-state index >= 15 is 0 Å². The van der Waals surface area contributed by atoms with Gasteiger partial charge in [0.15, 0.2) is 16.4 Å². The first-order valence-corrected chi connectivity index (χ1v) is 11.1. The van der Waals surface area contributed by atoms with Gasteiger partial charge in [0, 0.05) is 12.6 Å². The maximum Gasteiger partial charge on any atom is 0.260 e. The zero-order chi connectivity index (χ0) is 19.4. The van der Waals surface area contributed by atoms with Gasteiger partial charge in [-0.3, -0.25) is 4.79 Å². The summed E-state index contributed by atoms with van der Waals surface area (Å²) in [6.07, 6.45) is 0.481. The summed E-state index contributed by atoms with van der Waals surface area (Å²) < 4.78 is 29.0. The predicted octanol–water partition coefficient (Wildman–Crippen LogP) is 3.42. The fourth-order valence-electron chi connectivity index (χ4n) is 3.31. The zero-order valence-corrected chi connectivity index (χ0v) is 16.7. The zero-order valence-electron chi connectivity index (χ0n) is 15.1. The van der Waals surface area contributed by atoms with Crippen molar-refractivity contribution in [1.29, 1.82) is 0 Å². The summed E-state index contributed by atoms with van der Waals surface area (Å²) in [5, 5.41) is 0.427. The molecule has 27 heavy (non-hydrogen) atoms. The van der Waals surface area contributed by atoms with Crippen molar-refractivity contribution < 1.29 is 17.9 Å². The number of nitrogens with zero attached hydrogens (tertiary/aromatic N) is 1. The molecule has 1 heterocycles. The molecule has 144 valence electrons. The van der Waals surface area contributed by atoms with Gasteiger partial charge in [0.25, 0.3) is 5.91 Å². The lowest BCUT2D eigenvalue weighted by molar-refractivity contribution is -0.135. The molecule has 0 saturated carbocycles. The standard InChI is InChI=1S/C20H22ClNO4S/c1-2-22(17-10-11-27(24,25)14-17)20(23)13-26-19-9-8-16(12-18(19)21)15-6-4-3-5-7-15/h3-9,12,17H,2,10-11,13-14H2,1H3/t17-/m0/s1. The highest BCUT2D eigenvalue weighted by atomic mass is 35.5. The molecule has 2 aromatic rings. The molecule has 0 aliphatic carbocycles. The third kappa shape index (κ3) is 4.82. The van der Waals surface area contributed by atoms with Crippen LogP contribution in [0.3, 0.4) is 0 Å². The van der Waals surface area contributed by atoms with Gasteiger partial charge < -0.3 is 9.64 Å². The van der Waals surface area contributed by atoms with Gasteiger partial charge in [-0.2, -0.15) is 0 Å². The van der Waals surface area contributed by atoms with E-state index < -0.39 is 9.84 Å². The minimum absolute atomic E-state index is 0.0269. The van der Waals surface area contributed by atoms with Gasteiger partial charge in [0.1, 0.15) is 5.75 Å². The van der Waals surface area contributed by atoms with E-state index in [0.717, 1.165) is 11.1 Å². The van der Waals surface area contributed by atoms with Crippen molar-refractivity contribution >= 4 is 27.3 Å². The summed E-state index contributed by atoms with van der Waals surface area (Å²) in [5.74, 6) is 0.358. The van der Waals surface area contributed by atoms with Gasteiger partial charge in [0.05, 0.1) is 16.5 Å². The fourth-order valence-corrected chi connectivity index (χ4v) is 5.28. The highest BCUT2D eigenvalue weighted by molar-refractivity contribution is 7.91. The molecule has 5 nitrogen and oxygen atoms in total. The van der Waals surface area contributed by atoms with Gasteiger partial charge >= 0.3 is 0 Å². The molecule has 1 atom stereocenters. The molecule has 0 aromatic heterocycles. The van der Waals surface area contributed by atoms with Crippen molar-refractivity contribution in [2.75, 3.05) is 24.7 Å². The van der Waals surface area contributed by atoms with E-state index in [-0.39, 0.29) is 30.1 Å². The van der Waals surface area contributed by atoms with E-state index in [1.807, 2.05) is 43.3 Å². The van der Waals surface area contributed by atoms with Crippen LogP contribution in [0.5, 0.6) is 5.75 Å². The predicted molar refractivity (Wildman–Crippen MR) is 107 cm³/mol. The molecule has 0 N–H and O–H groups in total. The number of hydrogen-bond donors (Lipinski definition) is 0. The highest BCUT2D eigenvalue weighted by Crippen LogP contribution is 2.30. The Morgan fingerprint density at radius 3 is 2.52 bits per heavy atom. The van der Waals surface area contributed by atoms with E-state index in [1.54, 1.807) is 17.0 Å². The maximum absolute atomic E-state index is 12.5. The number of sulfone groups is 1. The minimum atomic E-state index is -3.04. The summed E-state index contributed by atoms with van der Waals surface area (Å²) in [4.78, 5) is 14.1. The largest absolute Gasteiger partial charge is 0.482 e. The van der Waals surface area contributed by atoms with Crippen LogP contribution in [-0.4, -0.2) is 49.9 Å². The van der Waals surface area contributed by atoms with Crippen LogP contribution in [0.25, 0.3) is 11.1 Å². The molecule has 1 amide bonds.